The average molecular weight is 473 g/mol. The van der Waals surface area contributed by atoms with Crippen molar-refractivity contribution in [1.29, 1.82) is 0 Å². The van der Waals surface area contributed by atoms with E-state index in [4.69, 9.17) is 0 Å². The van der Waals surface area contributed by atoms with Gasteiger partial charge in [0, 0.05) is 5.97 Å². The minimum Gasteiger partial charge on any atom is -0.550 e. The number of carbonyl (C=O) groups excluding carboxylic acids is 2. The minimum absolute atomic E-state index is 0. The monoisotopic (exact) mass is 472 g/mol. The van der Waals surface area contributed by atoms with E-state index < -0.39 is 11.9 Å². The molecule has 0 aromatic carbocycles. The number of hydrogen-bond donors (Lipinski definition) is 0. The van der Waals surface area contributed by atoms with Gasteiger partial charge in [0.2, 0.25) is 0 Å². The number of carbonyl (C=O) groups is 2. The summed E-state index contributed by atoms with van der Waals surface area (Å²) >= 11 is 0. The van der Waals surface area contributed by atoms with Crippen LogP contribution in [0.1, 0.15) is 117 Å². The van der Waals surface area contributed by atoms with E-state index in [1.807, 2.05) is 0 Å². The van der Waals surface area contributed by atoms with E-state index >= 15 is 0 Å². The molecule has 164 valence electrons. The largest absolute Gasteiger partial charge is 1.00 e. The van der Waals surface area contributed by atoms with Crippen molar-refractivity contribution >= 4 is 11.9 Å². The summed E-state index contributed by atoms with van der Waals surface area (Å²) in [5.74, 6) is -2.07. The Morgan fingerprint density at radius 2 is 1.00 bits per heavy atom. The molecule has 0 saturated heterocycles. The van der Waals surface area contributed by atoms with Crippen molar-refractivity contribution in [2.24, 2.45) is 0 Å². The van der Waals surface area contributed by atoms with Gasteiger partial charge in [-0.2, -0.15) is 0 Å². The van der Waals surface area contributed by atoms with Crippen molar-refractivity contribution in [3.63, 3.8) is 0 Å². The van der Waals surface area contributed by atoms with Crippen LogP contribution < -0.4 is 113 Å². The summed E-state index contributed by atoms with van der Waals surface area (Å²) in [6.45, 7) is 4.07. The zero-order chi connectivity index (χ0) is 21.3. The second kappa shape index (κ2) is 35.3. The first-order chi connectivity index (χ1) is 13.5. The Bertz CT molecular complexity index is 410. The fourth-order valence-corrected chi connectivity index (χ4v) is 2.89. The maximum atomic E-state index is 10.2. The van der Waals surface area contributed by atoms with Crippen LogP contribution in [0.15, 0.2) is 24.3 Å². The van der Waals surface area contributed by atoms with Crippen LogP contribution in [-0.4, -0.2) is 11.9 Å². The molecule has 0 aliphatic heterocycles. The molecule has 0 atom stereocenters. The van der Waals surface area contributed by atoms with Crippen molar-refractivity contribution in [3.8, 4) is 0 Å². The first-order valence-electron chi connectivity index (χ1n) is 11.2. The fraction of sp³-hybridized carbons (Fsp3) is 0.750. The van der Waals surface area contributed by atoms with Crippen LogP contribution in [0, 0.1) is 0 Å². The zero-order valence-corrected chi connectivity index (χ0v) is 26.5. The first kappa shape index (κ1) is 38.9. The van der Waals surface area contributed by atoms with Crippen molar-refractivity contribution in [1.82, 2.24) is 0 Å². The number of hydrogen-bond acceptors (Lipinski definition) is 4. The minimum atomic E-state index is -1.16. The fourth-order valence-electron chi connectivity index (χ4n) is 2.89. The van der Waals surface area contributed by atoms with E-state index in [-0.39, 0.29) is 109 Å². The standard InChI is InChI=1S/C18H36O2.C6H8O2.2K/c1-2-3-4-5-6-7-8-9-10-11-12-13-14-15-16-17-18(19)20;1-2-3-4-5-6(7)8;;/h2-17H2,1H3,(H,19,20);2-5H,1H3,(H,7,8);;/q;;2*+1/p-2/b;3-2+,5-4+;;. The smallest absolute Gasteiger partial charge is 0.550 e. The van der Waals surface area contributed by atoms with Gasteiger partial charge in [-0.1, -0.05) is 115 Å². The third-order valence-corrected chi connectivity index (χ3v) is 4.52. The van der Waals surface area contributed by atoms with Crippen molar-refractivity contribution in [3.05, 3.63) is 24.3 Å². The van der Waals surface area contributed by atoms with Crippen LogP contribution in [0.25, 0.3) is 0 Å². The Morgan fingerprint density at radius 3 is 1.30 bits per heavy atom. The SMILES string of the molecule is C/C=C/C=C/C(=O)[O-].CCCCCCCCCCCCCCCCCC(=O)[O-].[K+].[K+]. The quantitative estimate of drug-likeness (QED) is 0.109. The van der Waals surface area contributed by atoms with Crippen LogP contribution >= 0.6 is 0 Å². The van der Waals surface area contributed by atoms with Gasteiger partial charge in [-0.3, -0.25) is 0 Å². The summed E-state index contributed by atoms with van der Waals surface area (Å²) in [6.07, 6.45) is 25.6. The summed E-state index contributed by atoms with van der Waals surface area (Å²) in [4.78, 5) is 19.9. The summed E-state index contributed by atoms with van der Waals surface area (Å²) < 4.78 is 0. The molecule has 0 fully saturated rings. The van der Waals surface area contributed by atoms with E-state index in [1.54, 1.807) is 19.1 Å². The summed E-state index contributed by atoms with van der Waals surface area (Å²) in [5.41, 5.74) is 0. The summed E-state index contributed by atoms with van der Waals surface area (Å²) in [5, 5.41) is 19.9. The van der Waals surface area contributed by atoms with Crippen molar-refractivity contribution < 1.29 is 123 Å². The molecule has 0 radical (unpaired) electrons. The molecule has 0 unspecified atom stereocenters. The Hall–Kier alpha value is 1.69. The second-order valence-corrected chi connectivity index (χ2v) is 7.28. The van der Waals surface area contributed by atoms with Gasteiger partial charge in [-0.15, -0.1) is 0 Å². The zero-order valence-electron chi connectivity index (χ0n) is 20.3. The van der Waals surface area contributed by atoms with Gasteiger partial charge in [0.15, 0.2) is 0 Å². The van der Waals surface area contributed by atoms with Crippen LogP contribution in [-0.2, 0) is 9.59 Å². The molecule has 0 aliphatic rings. The number of aliphatic carboxylic acids is 2. The van der Waals surface area contributed by atoms with Gasteiger partial charge in [0.25, 0.3) is 0 Å². The summed E-state index contributed by atoms with van der Waals surface area (Å²) in [6, 6.07) is 0. The molecule has 0 aliphatic carbocycles. The van der Waals surface area contributed by atoms with Crippen molar-refractivity contribution in [2.45, 2.75) is 117 Å². The van der Waals surface area contributed by atoms with E-state index in [0.29, 0.717) is 0 Å². The molecule has 4 nitrogen and oxygen atoms in total. The van der Waals surface area contributed by atoms with Gasteiger partial charge in [0.1, 0.15) is 0 Å². The molecular formula is C24H42K2O4. The van der Waals surface area contributed by atoms with Crippen molar-refractivity contribution in [2.75, 3.05) is 0 Å². The van der Waals surface area contributed by atoms with Gasteiger partial charge < -0.3 is 19.8 Å². The molecular weight excluding hydrogens is 430 g/mol. The molecule has 0 bridgehead atoms. The number of carboxylic acids is 2. The Kier molecular flexibility index (Phi) is 45.8. The van der Waals surface area contributed by atoms with Crippen LogP contribution in [0.4, 0.5) is 0 Å². The number of carboxylic acid groups (broad SMARTS) is 2. The molecule has 0 aromatic rings. The van der Waals surface area contributed by atoms with Gasteiger partial charge in [-0.05, 0) is 25.8 Å². The number of allylic oxidation sites excluding steroid dienone is 3. The Labute approximate surface area is 271 Å². The topological polar surface area (TPSA) is 80.3 Å². The van der Waals surface area contributed by atoms with Crippen LogP contribution in [0.5, 0.6) is 0 Å². The predicted octanol–water partition coefficient (Wildman–Crippen LogP) is -1.13. The molecule has 0 saturated carbocycles. The molecule has 0 rings (SSSR count). The number of unbranched alkanes of at least 4 members (excludes halogenated alkanes) is 14. The molecule has 30 heavy (non-hydrogen) atoms. The predicted molar refractivity (Wildman–Crippen MR) is 114 cm³/mol. The van der Waals surface area contributed by atoms with E-state index in [0.717, 1.165) is 18.9 Å². The normalized spacial score (nSPS) is 10.2. The third-order valence-electron chi connectivity index (χ3n) is 4.52. The second-order valence-electron chi connectivity index (χ2n) is 7.28. The molecule has 0 N–H and O–H groups in total. The van der Waals surface area contributed by atoms with Gasteiger partial charge in [-0.25, -0.2) is 0 Å². The maximum absolute atomic E-state index is 10.2. The van der Waals surface area contributed by atoms with E-state index in [1.165, 1.54) is 89.5 Å². The molecule has 0 heterocycles. The average Bonchev–Trinajstić information content (AvgIpc) is 2.65. The molecule has 6 heteroatoms. The Morgan fingerprint density at radius 1 is 0.633 bits per heavy atom. The molecule has 0 amide bonds. The molecule has 0 aromatic heterocycles. The molecule has 0 spiro atoms. The van der Waals surface area contributed by atoms with Gasteiger partial charge in [0.05, 0.1) is 5.97 Å². The van der Waals surface area contributed by atoms with E-state index in [9.17, 15) is 19.8 Å². The Balaban J connectivity index is -0.000000288. The van der Waals surface area contributed by atoms with Crippen LogP contribution in [0.3, 0.4) is 0 Å². The number of rotatable bonds is 18. The van der Waals surface area contributed by atoms with E-state index in [2.05, 4.69) is 6.92 Å². The maximum Gasteiger partial charge on any atom is 1.00 e. The third kappa shape index (κ3) is 43.5. The summed E-state index contributed by atoms with van der Waals surface area (Å²) in [7, 11) is 0. The van der Waals surface area contributed by atoms with Gasteiger partial charge >= 0.3 is 103 Å². The first-order valence-corrected chi connectivity index (χ1v) is 11.2. The van der Waals surface area contributed by atoms with Crippen LogP contribution in [0.2, 0.25) is 0 Å².